The quantitative estimate of drug-likeness (QED) is 0.573. The maximum absolute atomic E-state index is 12.9. The lowest BCUT2D eigenvalue weighted by Crippen LogP contribution is -2.25. The van der Waals surface area contributed by atoms with Crippen molar-refractivity contribution in [3.05, 3.63) is 35.9 Å². The molecule has 0 aliphatic heterocycles. The first-order chi connectivity index (χ1) is 14.3. The summed E-state index contributed by atoms with van der Waals surface area (Å²) in [6.07, 6.45) is -1.21. The van der Waals surface area contributed by atoms with E-state index in [2.05, 4.69) is 10.6 Å². The van der Waals surface area contributed by atoms with Crippen molar-refractivity contribution < 1.29 is 33.6 Å². The molecule has 0 bridgehead atoms. The van der Waals surface area contributed by atoms with Crippen molar-refractivity contribution in [2.45, 2.75) is 20.0 Å². The molecule has 0 saturated heterocycles. The molecule has 0 heterocycles. The van der Waals surface area contributed by atoms with Crippen LogP contribution in [0.5, 0.6) is 23.0 Å². The second kappa shape index (κ2) is 10.4. The number of aliphatic hydroxyl groups excluding tert-OH is 1. The number of benzene rings is 2. The smallest absolute Gasteiger partial charge is 0.256 e. The number of anilines is 2. The minimum atomic E-state index is -1.21. The van der Waals surface area contributed by atoms with Gasteiger partial charge in [-0.15, -0.1) is 0 Å². The number of methoxy groups -OCH3 is 3. The Morgan fingerprint density at radius 1 is 0.967 bits per heavy atom. The maximum Gasteiger partial charge on any atom is 0.256 e. The molecular formula is C21H26N2O7. The summed E-state index contributed by atoms with van der Waals surface area (Å²) in [6, 6.07) is 7.83. The summed E-state index contributed by atoms with van der Waals surface area (Å²) in [6.45, 7) is 3.61. The number of ether oxygens (including phenoxy) is 4. The van der Waals surface area contributed by atoms with Crippen molar-refractivity contribution >= 4 is 23.2 Å². The lowest BCUT2D eigenvalue weighted by Gasteiger charge is -2.16. The third kappa shape index (κ3) is 5.32. The van der Waals surface area contributed by atoms with Crippen molar-refractivity contribution in [2.24, 2.45) is 0 Å². The molecule has 2 aromatic rings. The van der Waals surface area contributed by atoms with E-state index >= 15 is 0 Å². The normalized spacial score (nSPS) is 11.3. The Balaban J connectivity index is 2.41. The summed E-state index contributed by atoms with van der Waals surface area (Å²) < 4.78 is 21.3. The van der Waals surface area contributed by atoms with Gasteiger partial charge in [0.25, 0.3) is 11.8 Å². The van der Waals surface area contributed by atoms with Crippen molar-refractivity contribution in [1.82, 2.24) is 0 Å². The minimum absolute atomic E-state index is 0.249. The highest BCUT2D eigenvalue weighted by Gasteiger charge is 2.19. The minimum Gasteiger partial charge on any atom is -0.494 e. The van der Waals surface area contributed by atoms with Gasteiger partial charge in [0.2, 0.25) is 5.75 Å². The van der Waals surface area contributed by atoms with Gasteiger partial charge in [-0.2, -0.15) is 0 Å². The number of aliphatic hydroxyl groups is 1. The molecule has 1 atom stereocenters. The summed E-state index contributed by atoms with van der Waals surface area (Å²) in [4.78, 5) is 24.8. The van der Waals surface area contributed by atoms with Crippen molar-refractivity contribution in [1.29, 1.82) is 0 Å². The Bertz CT molecular complexity index is 887. The van der Waals surface area contributed by atoms with Crippen LogP contribution in [0.2, 0.25) is 0 Å². The molecule has 3 N–H and O–H groups in total. The Morgan fingerprint density at radius 2 is 1.60 bits per heavy atom. The monoisotopic (exact) mass is 418 g/mol. The van der Waals surface area contributed by atoms with E-state index < -0.39 is 17.9 Å². The number of carbonyl (C=O) groups is 2. The van der Waals surface area contributed by atoms with Crippen LogP contribution in [-0.2, 0) is 4.79 Å². The van der Waals surface area contributed by atoms with Gasteiger partial charge in [0.05, 0.1) is 39.3 Å². The van der Waals surface area contributed by atoms with Crippen LogP contribution in [0, 0.1) is 0 Å². The third-order valence-electron chi connectivity index (χ3n) is 4.11. The molecule has 9 nitrogen and oxygen atoms in total. The zero-order valence-electron chi connectivity index (χ0n) is 17.6. The maximum atomic E-state index is 12.9. The van der Waals surface area contributed by atoms with Crippen LogP contribution in [-0.4, -0.2) is 51.0 Å². The van der Waals surface area contributed by atoms with E-state index in [0.29, 0.717) is 41.0 Å². The van der Waals surface area contributed by atoms with Gasteiger partial charge < -0.3 is 34.7 Å². The molecule has 0 saturated carbocycles. The number of amides is 2. The average molecular weight is 418 g/mol. The summed E-state index contributed by atoms with van der Waals surface area (Å²) in [5, 5.41) is 14.8. The topological polar surface area (TPSA) is 115 Å². The highest BCUT2D eigenvalue weighted by molar-refractivity contribution is 6.08. The van der Waals surface area contributed by atoms with Gasteiger partial charge in [-0.25, -0.2) is 0 Å². The first-order valence-electron chi connectivity index (χ1n) is 9.21. The van der Waals surface area contributed by atoms with E-state index in [9.17, 15) is 14.7 Å². The van der Waals surface area contributed by atoms with Gasteiger partial charge in [0, 0.05) is 11.6 Å². The molecule has 162 valence electrons. The fraction of sp³-hybridized carbons (Fsp3) is 0.333. The van der Waals surface area contributed by atoms with E-state index in [0.717, 1.165) is 0 Å². The molecule has 30 heavy (non-hydrogen) atoms. The molecule has 2 rings (SSSR count). The van der Waals surface area contributed by atoms with Crippen LogP contribution in [0.4, 0.5) is 11.4 Å². The van der Waals surface area contributed by atoms with Crippen LogP contribution >= 0.6 is 0 Å². The number of hydrogen-bond acceptors (Lipinski definition) is 7. The second-order valence-corrected chi connectivity index (χ2v) is 6.17. The van der Waals surface area contributed by atoms with E-state index in [4.69, 9.17) is 18.9 Å². The largest absolute Gasteiger partial charge is 0.494 e. The fourth-order valence-corrected chi connectivity index (χ4v) is 2.64. The van der Waals surface area contributed by atoms with Crippen LogP contribution in [0.25, 0.3) is 0 Å². The summed E-state index contributed by atoms with van der Waals surface area (Å²) >= 11 is 0. The lowest BCUT2D eigenvalue weighted by atomic mass is 10.1. The number of nitrogens with one attached hydrogen (secondary N) is 2. The van der Waals surface area contributed by atoms with E-state index in [1.807, 2.05) is 6.92 Å². The van der Waals surface area contributed by atoms with Crippen molar-refractivity contribution in [3.8, 4) is 23.0 Å². The molecule has 2 aromatic carbocycles. The van der Waals surface area contributed by atoms with Gasteiger partial charge in [-0.3, -0.25) is 9.59 Å². The number of rotatable bonds is 9. The van der Waals surface area contributed by atoms with Crippen molar-refractivity contribution in [2.75, 3.05) is 38.6 Å². The molecule has 0 unspecified atom stereocenters. The lowest BCUT2D eigenvalue weighted by molar-refractivity contribution is -0.123. The zero-order chi connectivity index (χ0) is 22.3. The Labute approximate surface area is 174 Å². The third-order valence-corrected chi connectivity index (χ3v) is 4.11. The zero-order valence-corrected chi connectivity index (χ0v) is 17.6. The predicted molar refractivity (Wildman–Crippen MR) is 112 cm³/mol. The molecule has 0 radical (unpaired) electrons. The summed E-state index contributed by atoms with van der Waals surface area (Å²) in [7, 11) is 4.37. The molecule has 0 spiro atoms. The molecule has 2 amide bonds. The van der Waals surface area contributed by atoms with Crippen LogP contribution in [0.1, 0.15) is 24.2 Å². The Kier molecular flexibility index (Phi) is 7.88. The van der Waals surface area contributed by atoms with Crippen LogP contribution in [0.3, 0.4) is 0 Å². The van der Waals surface area contributed by atoms with Gasteiger partial charge in [0.1, 0.15) is 11.9 Å². The second-order valence-electron chi connectivity index (χ2n) is 6.17. The first kappa shape index (κ1) is 22.8. The molecule has 0 aromatic heterocycles. The number of hydrogen-bond donors (Lipinski definition) is 3. The summed E-state index contributed by atoms with van der Waals surface area (Å²) in [5.41, 5.74) is 0.859. The van der Waals surface area contributed by atoms with E-state index in [1.54, 1.807) is 18.2 Å². The van der Waals surface area contributed by atoms with Gasteiger partial charge in [-0.05, 0) is 38.1 Å². The van der Waals surface area contributed by atoms with E-state index in [1.165, 1.54) is 40.4 Å². The standard InChI is InChI=1S/C21H26N2O7/c1-6-30-14-7-8-15(22-20(25)12(2)24)16(11-14)23-21(26)13-9-17(27-3)19(29-5)18(10-13)28-4/h7-12,24H,6H2,1-5H3,(H,22,25)(H,23,26)/t12-/m1/s1. The van der Waals surface area contributed by atoms with Gasteiger partial charge in [0.15, 0.2) is 11.5 Å². The predicted octanol–water partition coefficient (Wildman–Crippen LogP) is 2.68. The SMILES string of the molecule is CCOc1ccc(NC(=O)[C@@H](C)O)c(NC(=O)c2cc(OC)c(OC)c(OC)c2)c1. The fourth-order valence-electron chi connectivity index (χ4n) is 2.64. The molecular weight excluding hydrogens is 392 g/mol. The van der Waals surface area contributed by atoms with Gasteiger partial charge >= 0.3 is 0 Å². The Hall–Kier alpha value is -3.46. The molecule has 9 heteroatoms. The molecule has 0 aliphatic carbocycles. The van der Waals surface area contributed by atoms with Crippen LogP contribution in [0.15, 0.2) is 30.3 Å². The average Bonchev–Trinajstić information content (AvgIpc) is 2.74. The van der Waals surface area contributed by atoms with Crippen molar-refractivity contribution in [3.63, 3.8) is 0 Å². The highest BCUT2D eigenvalue weighted by Crippen LogP contribution is 2.38. The van der Waals surface area contributed by atoms with Gasteiger partial charge in [-0.1, -0.05) is 0 Å². The first-order valence-corrected chi connectivity index (χ1v) is 9.21. The molecule has 0 fully saturated rings. The summed E-state index contributed by atoms with van der Waals surface area (Å²) in [5.74, 6) is 0.436. The highest BCUT2D eigenvalue weighted by atomic mass is 16.5. The Morgan fingerprint density at radius 3 is 2.10 bits per heavy atom. The van der Waals surface area contributed by atoms with E-state index in [-0.39, 0.29) is 5.56 Å². The molecule has 0 aliphatic rings. The van der Waals surface area contributed by atoms with Crippen LogP contribution < -0.4 is 29.6 Å². The number of carbonyl (C=O) groups excluding carboxylic acids is 2.